The monoisotopic (exact) mass is 364 g/mol. The van der Waals surface area contributed by atoms with Crippen LogP contribution in [0, 0.1) is 10.1 Å². The molecule has 0 aliphatic carbocycles. The van der Waals surface area contributed by atoms with E-state index in [4.69, 9.17) is 0 Å². The summed E-state index contributed by atoms with van der Waals surface area (Å²) in [5.74, 6) is -0.174. The Hall–Kier alpha value is -3.94. The molecular formula is C19H16N4O4. The molecule has 0 radical (unpaired) electrons. The molecule has 1 aliphatic rings. The van der Waals surface area contributed by atoms with Crippen LogP contribution < -0.4 is 10.4 Å². The summed E-state index contributed by atoms with van der Waals surface area (Å²) < 4.78 is 1.37. The SMILES string of the molecule is O=[N+]([O-])c1ccc(NN2CC=Cc3c2c(O)n(-c2ccccc2)c3O)cc1. The zero-order chi connectivity index (χ0) is 19.0. The smallest absolute Gasteiger partial charge is 0.269 e. The number of nitrogens with one attached hydrogen (secondary N) is 1. The number of hydrogen-bond donors (Lipinski definition) is 3. The van der Waals surface area contributed by atoms with Crippen LogP contribution in [0.4, 0.5) is 17.1 Å². The second kappa shape index (κ2) is 6.41. The number of fused-ring (bicyclic) bond motifs is 1. The number of aromatic hydroxyl groups is 2. The molecule has 0 amide bonds. The third-order valence-corrected chi connectivity index (χ3v) is 4.33. The van der Waals surface area contributed by atoms with Crippen molar-refractivity contribution in [2.45, 2.75) is 0 Å². The molecule has 0 saturated heterocycles. The number of nitro groups is 1. The highest BCUT2D eigenvalue weighted by molar-refractivity contribution is 5.82. The van der Waals surface area contributed by atoms with E-state index in [0.29, 0.717) is 29.2 Å². The van der Waals surface area contributed by atoms with E-state index in [1.165, 1.54) is 16.7 Å². The van der Waals surface area contributed by atoms with Gasteiger partial charge < -0.3 is 10.2 Å². The fourth-order valence-electron chi connectivity index (χ4n) is 3.08. The van der Waals surface area contributed by atoms with E-state index in [-0.39, 0.29) is 17.4 Å². The van der Waals surface area contributed by atoms with Crippen LogP contribution in [0.1, 0.15) is 5.56 Å². The van der Waals surface area contributed by atoms with Crippen LogP contribution in [0.25, 0.3) is 11.8 Å². The fraction of sp³-hybridized carbons (Fsp3) is 0.0526. The van der Waals surface area contributed by atoms with Crippen molar-refractivity contribution in [1.82, 2.24) is 4.57 Å². The third kappa shape index (κ3) is 2.82. The van der Waals surface area contributed by atoms with E-state index >= 15 is 0 Å². The van der Waals surface area contributed by atoms with Gasteiger partial charge in [0.2, 0.25) is 11.8 Å². The van der Waals surface area contributed by atoms with Crippen molar-refractivity contribution >= 4 is 23.1 Å². The summed E-state index contributed by atoms with van der Waals surface area (Å²) in [6, 6.07) is 15.0. The van der Waals surface area contributed by atoms with Gasteiger partial charge in [0.15, 0.2) is 0 Å². The van der Waals surface area contributed by atoms with E-state index in [9.17, 15) is 20.3 Å². The quantitative estimate of drug-likeness (QED) is 0.482. The molecule has 27 heavy (non-hydrogen) atoms. The van der Waals surface area contributed by atoms with Gasteiger partial charge in [-0.2, -0.15) is 0 Å². The van der Waals surface area contributed by atoms with E-state index in [2.05, 4.69) is 5.43 Å². The number of nitro benzene ring substituents is 1. The maximum atomic E-state index is 10.8. The van der Waals surface area contributed by atoms with Crippen LogP contribution in [-0.4, -0.2) is 26.2 Å². The maximum absolute atomic E-state index is 10.8. The molecule has 0 fully saturated rings. The molecule has 3 aromatic rings. The average Bonchev–Trinajstić information content (AvgIpc) is 2.94. The minimum atomic E-state index is -0.463. The molecule has 8 nitrogen and oxygen atoms in total. The number of non-ortho nitro benzene ring substituents is 1. The molecule has 2 aromatic carbocycles. The normalized spacial score (nSPS) is 12.7. The summed E-state index contributed by atoms with van der Waals surface area (Å²) in [7, 11) is 0. The lowest BCUT2D eigenvalue weighted by molar-refractivity contribution is -0.384. The van der Waals surface area contributed by atoms with Gasteiger partial charge in [-0.3, -0.25) is 20.5 Å². The number of hydrazine groups is 1. The predicted octanol–water partition coefficient (Wildman–Crippen LogP) is 3.66. The van der Waals surface area contributed by atoms with E-state index < -0.39 is 4.92 Å². The molecule has 1 aromatic heterocycles. The number of anilines is 2. The number of nitrogens with zero attached hydrogens (tertiary/aromatic N) is 3. The summed E-state index contributed by atoms with van der Waals surface area (Å²) in [4.78, 5) is 10.3. The van der Waals surface area contributed by atoms with Crippen LogP contribution in [0.3, 0.4) is 0 Å². The molecule has 0 saturated carbocycles. The molecule has 0 unspecified atom stereocenters. The van der Waals surface area contributed by atoms with E-state index in [0.717, 1.165) is 0 Å². The van der Waals surface area contributed by atoms with E-state index in [1.807, 2.05) is 24.3 Å². The number of benzene rings is 2. The molecule has 3 N–H and O–H groups in total. The van der Waals surface area contributed by atoms with Crippen LogP contribution in [0.2, 0.25) is 0 Å². The second-order valence-electron chi connectivity index (χ2n) is 6.01. The highest BCUT2D eigenvalue weighted by atomic mass is 16.6. The lowest BCUT2D eigenvalue weighted by Gasteiger charge is -2.27. The van der Waals surface area contributed by atoms with Gasteiger partial charge in [-0.15, -0.1) is 0 Å². The first-order chi connectivity index (χ1) is 13.1. The lowest BCUT2D eigenvalue weighted by Crippen LogP contribution is -2.31. The van der Waals surface area contributed by atoms with Crippen molar-refractivity contribution in [3.8, 4) is 17.4 Å². The van der Waals surface area contributed by atoms with Crippen molar-refractivity contribution in [1.29, 1.82) is 0 Å². The van der Waals surface area contributed by atoms with Crippen molar-refractivity contribution < 1.29 is 15.1 Å². The molecule has 1 aliphatic heterocycles. The minimum absolute atomic E-state index is 0.00417. The molecule has 2 heterocycles. The van der Waals surface area contributed by atoms with Crippen LogP contribution in [0.5, 0.6) is 11.8 Å². The Morgan fingerprint density at radius 2 is 1.70 bits per heavy atom. The van der Waals surface area contributed by atoms with Gasteiger partial charge in [-0.05, 0) is 30.3 Å². The van der Waals surface area contributed by atoms with Crippen molar-refractivity contribution in [3.63, 3.8) is 0 Å². The van der Waals surface area contributed by atoms with Gasteiger partial charge in [0.05, 0.1) is 28.4 Å². The first-order valence-electron chi connectivity index (χ1n) is 8.23. The third-order valence-electron chi connectivity index (χ3n) is 4.33. The largest absolute Gasteiger partial charge is 0.494 e. The molecule has 0 atom stereocenters. The summed E-state index contributed by atoms with van der Waals surface area (Å²) in [6.07, 6.45) is 3.59. The van der Waals surface area contributed by atoms with Crippen molar-refractivity contribution in [2.75, 3.05) is 17.0 Å². The topological polar surface area (TPSA) is 104 Å². The van der Waals surface area contributed by atoms with Gasteiger partial charge >= 0.3 is 0 Å². The summed E-state index contributed by atoms with van der Waals surface area (Å²) in [5, 5.41) is 33.8. The van der Waals surface area contributed by atoms with Crippen molar-refractivity contribution in [2.24, 2.45) is 0 Å². The number of rotatable bonds is 4. The van der Waals surface area contributed by atoms with Gasteiger partial charge in [0.1, 0.15) is 5.69 Å². The molecule has 0 bridgehead atoms. The average molecular weight is 364 g/mol. The highest BCUT2D eigenvalue weighted by Gasteiger charge is 2.28. The van der Waals surface area contributed by atoms with Gasteiger partial charge in [-0.1, -0.05) is 24.3 Å². The molecule has 136 valence electrons. The Morgan fingerprint density at radius 3 is 2.37 bits per heavy atom. The zero-order valence-electron chi connectivity index (χ0n) is 14.1. The Labute approximate surface area is 154 Å². The highest BCUT2D eigenvalue weighted by Crippen LogP contribution is 2.45. The minimum Gasteiger partial charge on any atom is -0.494 e. The zero-order valence-corrected chi connectivity index (χ0v) is 14.1. The maximum Gasteiger partial charge on any atom is 0.269 e. The Kier molecular flexibility index (Phi) is 3.92. The molecule has 0 spiro atoms. The van der Waals surface area contributed by atoms with Crippen LogP contribution >= 0.6 is 0 Å². The van der Waals surface area contributed by atoms with Crippen LogP contribution in [-0.2, 0) is 0 Å². The van der Waals surface area contributed by atoms with E-state index in [1.54, 1.807) is 35.4 Å². The molecule has 4 rings (SSSR count). The van der Waals surface area contributed by atoms with Gasteiger partial charge in [0, 0.05) is 12.1 Å². The Bertz CT molecular complexity index is 1030. The molecule has 8 heteroatoms. The standard InChI is InChI=1S/C19H16N4O4/c24-18-16-7-4-12-21(20-13-8-10-15(11-9-13)23(26)27)17(16)19(25)22(18)14-5-2-1-3-6-14/h1-11,20,24-25H,12H2. The van der Waals surface area contributed by atoms with Crippen LogP contribution in [0.15, 0.2) is 60.7 Å². The second-order valence-corrected chi connectivity index (χ2v) is 6.01. The Balaban J connectivity index is 1.71. The summed E-state index contributed by atoms with van der Waals surface area (Å²) >= 11 is 0. The van der Waals surface area contributed by atoms with Gasteiger partial charge in [-0.25, -0.2) is 4.57 Å². The molecular weight excluding hydrogens is 348 g/mol. The summed E-state index contributed by atoms with van der Waals surface area (Å²) in [5.41, 5.74) is 5.27. The fourth-order valence-corrected chi connectivity index (χ4v) is 3.08. The number of aromatic nitrogens is 1. The Morgan fingerprint density at radius 1 is 1.00 bits per heavy atom. The number of para-hydroxylation sites is 1. The first kappa shape index (κ1) is 16.5. The summed E-state index contributed by atoms with van der Waals surface area (Å²) in [6.45, 7) is 0.440. The lowest BCUT2D eigenvalue weighted by atomic mass is 10.2. The number of hydrogen-bond acceptors (Lipinski definition) is 6. The first-order valence-corrected chi connectivity index (χ1v) is 8.23. The predicted molar refractivity (Wildman–Crippen MR) is 102 cm³/mol. The van der Waals surface area contributed by atoms with Gasteiger partial charge in [0.25, 0.3) is 5.69 Å². The van der Waals surface area contributed by atoms with Crippen molar-refractivity contribution in [3.05, 3.63) is 76.4 Å².